The average molecular weight is 292 g/mol. The lowest BCUT2D eigenvalue weighted by Crippen LogP contribution is -2.58. The highest BCUT2D eigenvalue weighted by molar-refractivity contribution is 5.93. The second kappa shape index (κ2) is 6.58. The van der Waals surface area contributed by atoms with E-state index in [-0.39, 0.29) is 12.5 Å². The molecule has 21 heavy (non-hydrogen) atoms. The molecule has 0 aliphatic heterocycles. The Morgan fingerprint density at radius 3 is 2.43 bits per heavy atom. The molecule has 1 aromatic carbocycles. The van der Waals surface area contributed by atoms with Gasteiger partial charge in [0.05, 0.1) is 13.2 Å². The molecule has 1 fully saturated rings. The first-order valence-electron chi connectivity index (χ1n) is 7.07. The van der Waals surface area contributed by atoms with Gasteiger partial charge in [-0.1, -0.05) is 0 Å². The summed E-state index contributed by atoms with van der Waals surface area (Å²) in [6.07, 6.45) is 2.01. The molecule has 1 aromatic rings. The van der Waals surface area contributed by atoms with Gasteiger partial charge in [0.1, 0.15) is 11.3 Å². The maximum atomic E-state index is 11.8. The molecule has 2 rings (SSSR count). The van der Waals surface area contributed by atoms with Crippen molar-refractivity contribution in [2.45, 2.75) is 31.7 Å². The Morgan fingerprint density at radius 1 is 1.29 bits per heavy atom. The van der Waals surface area contributed by atoms with E-state index in [0.717, 1.165) is 12.2 Å². The van der Waals surface area contributed by atoms with Crippen molar-refractivity contribution in [3.05, 3.63) is 24.3 Å². The molecule has 1 aliphatic rings. The van der Waals surface area contributed by atoms with Gasteiger partial charge in [-0.3, -0.25) is 14.9 Å². The van der Waals surface area contributed by atoms with E-state index in [9.17, 15) is 9.59 Å². The minimum Gasteiger partial charge on any atom is -0.494 e. The number of rotatable bonds is 7. The second-order valence-electron chi connectivity index (χ2n) is 5.10. The third kappa shape index (κ3) is 3.72. The van der Waals surface area contributed by atoms with E-state index in [2.05, 4.69) is 10.6 Å². The van der Waals surface area contributed by atoms with Crippen molar-refractivity contribution >= 4 is 17.6 Å². The van der Waals surface area contributed by atoms with Gasteiger partial charge in [0.2, 0.25) is 5.91 Å². The Morgan fingerprint density at radius 2 is 1.95 bits per heavy atom. The van der Waals surface area contributed by atoms with E-state index >= 15 is 0 Å². The van der Waals surface area contributed by atoms with Crippen LogP contribution in [0.4, 0.5) is 5.69 Å². The number of amides is 1. The van der Waals surface area contributed by atoms with Crippen LogP contribution in [0.5, 0.6) is 5.75 Å². The van der Waals surface area contributed by atoms with Crippen LogP contribution in [0.1, 0.15) is 26.2 Å². The van der Waals surface area contributed by atoms with Gasteiger partial charge in [-0.25, -0.2) is 0 Å². The number of carbonyl (C=O) groups excluding carboxylic acids is 1. The molecule has 0 heterocycles. The van der Waals surface area contributed by atoms with Crippen molar-refractivity contribution in [2.75, 3.05) is 18.5 Å². The van der Waals surface area contributed by atoms with Crippen LogP contribution in [-0.4, -0.2) is 35.7 Å². The first-order chi connectivity index (χ1) is 10.1. The number of nitrogens with one attached hydrogen (secondary N) is 2. The molecule has 1 aliphatic carbocycles. The third-order valence-electron chi connectivity index (χ3n) is 3.65. The van der Waals surface area contributed by atoms with Crippen molar-refractivity contribution in [3.63, 3.8) is 0 Å². The maximum Gasteiger partial charge on any atom is 0.323 e. The third-order valence-corrected chi connectivity index (χ3v) is 3.65. The van der Waals surface area contributed by atoms with Gasteiger partial charge in [-0.2, -0.15) is 0 Å². The van der Waals surface area contributed by atoms with E-state index < -0.39 is 11.5 Å². The standard InChI is InChI=1S/C15H20N2O4/c1-2-21-12-6-4-11(5-7-12)17-13(18)10-16-15(14(19)20)8-3-9-15/h4-7,16H,2-3,8-10H2,1H3,(H,17,18)(H,19,20). The van der Waals surface area contributed by atoms with Crippen LogP contribution in [0.25, 0.3) is 0 Å². The van der Waals surface area contributed by atoms with Crippen LogP contribution in [0.15, 0.2) is 24.3 Å². The molecule has 6 heteroatoms. The SMILES string of the molecule is CCOc1ccc(NC(=O)CNC2(C(=O)O)CCC2)cc1. The summed E-state index contributed by atoms with van der Waals surface area (Å²) in [4.78, 5) is 23.0. The number of anilines is 1. The van der Waals surface area contributed by atoms with Crippen molar-refractivity contribution in [1.82, 2.24) is 5.32 Å². The van der Waals surface area contributed by atoms with Gasteiger partial charge in [-0.15, -0.1) is 0 Å². The molecule has 0 bridgehead atoms. The molecule has 1 saturated carbocycles. The number of carboxylic acid groups (broad SMARTS) is 1. The van der Waals surface area contributed by atoms with Crippen LogP contribution >= 0.6 is 0 Å². The molecule has 0 unspecified atom stereocenters. The minimum absolute atomic E-state index is 0.0144. The smallest absolute Gasteiger partial charge is 0.323 e. The summed E-state index contributed by atoms with van der Waals surface area (Å²) in [5, 5.41) is 14.7. The minimum atomic E-state index is -0.920. The molecule has 0 aromatic heterocycles. The number of carbonyl (C=O) groups is 2. The summed E-state index contributed by atoms with van der Waals surface area (Å²) in [5.41, 5.74) is -0.265. The van der Waals surface area contributed by atoms with Crippen LogP contribution in [0.3, 0.4) is 0 Å². The quantitative estimate of drug-likeness (QED) is 0.711. The van der Waals surface area contributed by atoms with Gasteiger partial charge >= 0.3 is 5.97 Å². The molecule has 114 valence electrons. The summed E-state index contributed by atoms with van der Waals surface area (Å²) in [6.45, 7) is 2.48. The van der Waals surface area contributed by atoms with Crippen molar-refractivity contribution in [1.29, 1.82) is 0 Å². The molecule has 1 amide bonds. The molecule has 0 radical (unpaired) electrons. The van der Waals surface area contributed by atoms with Crippen molar-refractivity contribution in [2.24, 2.45) is 0 Å². The van der Waals surface area contributed by atoms with Crippen LogP contribution in [0, 0.1) is 0 Å². The summed E-state index contributed by atoms with van der Waals surface area (Å²) in [7, 11) is 0. The monoisotopic (exact) mass is 292 g/mol. The predicted octanol–water partition coefficient (Wildman–Crippen LogP) is 1.62. The Hall–Kier alpha value is -2.08. The first-order valence-corrected chi connectivity index (χ1v) is 7.07. The van der Waals surface area contributed by atoms with E-state index in [1.807, 2.05) is 6.92 Å². The lowest BCUT2D eigenvalue weighted by molar-refractivity contribution is -0.148. The second-order valence-corrected chi connectivity index (χ2v) is 5.10. The Labute approximate surface area is 123 Å². The molecule has 0 saturated heterocycles. The van der Waals surface area contributed by atoms with Gasteiger partial charge in [-0.05, 0) is 50.5 Å². The van der Waals surface area contributed by atoms with Gasteiger partial charge in [0.25, 0.3) is 0 Å². The van der Waals surface area contributed by atoms with Gasteiger partial charge < -0.3 is 15.2 Å². The number of hydrogen-bond acceptors (Lipinski definition) is 4. The number of carboxylic acids is 1. The van der Waals surface area contributed by atoms with E-state index in [1.54, 1.807) is 24.3 Å². The lowest BCUT2D eigenvalue weighted by atomic mass is 9.77. The average Bonchev–Trinajstić information content (AvgIpc) is 2.39. The molecular formula is C15H20N2O4. The summed E-state index contributed by atoms with van der Waals surface area (Å²) in [5.74, 6) is -0.401. The topological polar surface area (TPSA) is 87.7 Å². The van der Waals surface area contributed by atoms with Crippen LogP contribution in [0.2, 0.25) is 0 Å². The van der Waals surface area contributed by atoms with Gasteiger partial charge in [0, 0.05) is 5.69 Å². The zero-order valence-electron chi connectivity index (χ0n) is 12.0. The summed E-state index contributed by atoms with van der Waals surface area (Å²) >= 11 is 0. The van der Waals surface area contributed by atoms with Crippen molar-refractivity contribution in [3.8, 4) is 5.75 Å². The zero-order chi connectivity index (χ0) is 15.3. The molecule has 0 spiro atoms. The highest BCUT2D eigenvalue weighted by Crippen LogP contribution is 2.31. The van der Waals surface area contributed by atoms with E-state index in [1.165, 1.54) is 0 Å². The van der Waals surface area contributed by atoms with Gasteiger partial charge in [0.15, 0.2) is 0 Å². The fourth-order valence-electron chi connectivity index (χ4n) is 2.25. The summed E-state index contributed by atoms with van der Waals surface area (Å²) < 4.78 is 5.32. The largest absolute Gasteiger partial charge is 0.494 e. The highest BCUT2D eigenvalue weighted by atomic mass is 16.5. The van der Waals surface area contributed by atoms with Crippen molar-refractivity contribution < 1.29 is 19.4 Å². The molecule has 0 atom stereocenters. The number of hydrogen-bond donors (Lipinski definition) is 3. The number of benzene rings is 1. The van der Waals surface area contributed by atoms with E-state index in [0.29, 0.717) is 25.1 Å². The molecule has 3 N–H and O–H groups in total. The number of aliphatic carboxylic acids is 1. The normalized spacial score (nSPS) is 15.9. The summed E-state index contributed by atoms with van der Waals surface area (Å²) in [6, 6.07) is 7.05. The Bertz CT molecular complexity index is 509. The first kappa shape index (κ1) is 15.3. The Balaban J connectivity index is 1.83. The van der Waals surface area contributed by atoms with Crippen LogP contribution < -0.4 is 15.4 Å². The fourth-order valence-corrected chi connectivity index (χ4v) is 2.25. The molecule has 6 nitrogen and oxygen atoms in total. The maximum absolute atomic E-state index is 11.8. The zero-order valence-corrected chi connectivity index (χ0v) is 12.0. The lowest BCUT2D eigenvalue weighted by Gasteiger charge is -2.38. The number of ether oxygens (including phenoxy) is 1. The highest BCUT2D eigenvalue weighted by Gasteiger charge is 2.44. The predicted molar refractivity (Wildman–Crippen MR) is 78.5 cm³/mol. The van der Waals surface area contributed by atoms with Crippen LogP contribution in [-0.2, 0) is 9.59 Å². The van der Waals surface area contributed by atoms with E-state index in [4.69, 9.17) is 9.84 Å². The fraction of sp³-hybridized carbons (Fsp3) is 0.467. The molecular weight excluding hydrogens is 272 g/mol. The Kier molecular flexibility index (Phi) is 4.80.